The van der Waals surface area contributed by atoms with Gasteiger partial charge in [0.2, 0.25) is 0 Å². The summed E-state index contributed by atoms with van der Waals surface area (Å²) in [7, 11) is 1.60. The molecule has 122 valence electrons. The minimum absolute atomic E-state index is 0.156. The van der Waals surface area contributed by atoms with Gasteiger partial charge in [0, 0.05) is 12.0 Å². The van der Waals surface area contributed by atoms with Crippen LogP contribution in [0.3, 0.4) is 0 Å². The van der Waals surface area contributed by atoms with Crippen molar-refractivity contribution in [2.75, 3.05) is 7.11 Å². The molecule has 1 heterocycles. The van der Waals surface area contributed by atoms with E-state index < -0.39 is 0 Å². The zero-order valence-electron chi connectivity index (χ0n) is 13.1. The Bertz CT molecular complexity index is 933. The number of nitrogens with zero attached hydrogens (tertiary/aromatic N) is 2. The molecule has 2 N–H and O–H groups in total. The fourth-order valence-corrected chi connectivity index (χ4v) is 3.42. The molecule has 3 aromatic rings. The summed E-state index contributed by atoms with van der Waals surface area (Å²) in [5.41, 5.74) is 1.91. The van der Waals surface area contributed by atoms with Crippen molar-refractivity contribution in [3.05, 3.63) is 58.9 Å². The van der Waals surface area contributed by atoms with Crippen molar-refractivity contribution in [2.45, 2.75) is 18.4 Å². The quantitative estimate of drug-likeness (QED) is 0.704. The lowest BCUT2D eigenvalue weighted by Crippen LogP contribution is -2.00. The molecular formula is C18H17N3O2S. The SMILES string of the molecule is COc1ccc(O)c(-c2n[nH]c(=S)n2[C@@H]2C[C@H]2c2ccccc2)c1. The normalized spacial score (nSPS) is 19.2. The highest BCUT2D eigenvalue weighted by Gasteiger charge is 2.42. The van der Waals surface area contributed by atoms with Crippen molar-refractivity contribution in [3.8, 4) is 22.9 Å². The number of nitrogens with one attached hydrogen (secondary N) is 1. The van der Waals surface area contributed by atoms with Crippen molar-refractivity contribution in [1.29, 1.82) is 0 Å². The van der Waals surface area contributed by atoms with Crippen LogP contribution in [0.25, 0.3) is 11.4 Å². The summed E-state index contributed by atoms with van der Waals surface area (Å²) in [4.78, 5) is 0. The first-order valence-electron chi connectivity index (χ1n) is 7.78. The lowest BCUT2D eigenvalue weighted by atomic mass is 10.1. The second kappa shape index (κ2) is 5.79. The van der Waals surface area contributed by atoms with Gasteiger partial charge in [-0.15, -0.1) is 0 Å². The fraction of sp³-hybridized carbons (Fsp3) is 0.222. The summed E-state index contributed by atoms with van der Waals surface area (Å²) in [5, 5.41) is 17.4. The predicted molar refractivity (Wildman–Crippen MR) is 93.9 cm³/mol. The number of hydrogen-bond donors (Lipinski definition) is 2. The molecule has 1 aromatic heterocycles. The van der Waals surface area contributed by atoms with Gasteiger partial charge in [-0.1, -0.05) is 30.3 Å². The second-order valence-corrected chi connectivity index (χ2v) is 6.31. The maximum atomic E-state index is 10.2. The van der Waals surface area contributed by atoms with Gasteiger partial charge in [-0.3, -0.25) is 9.67 Å². The lowest BCUT2D eigenvalue weighted by molar-refractivity contribution is 0.412. The summed E-state index contributed by atoms with van der Waals surface area (Å²) in [5.74, 6) is 1.88. The molecule has 0 aliphatic heterocycles. The Morgan fingerprint density at radius 3 is 2.79 bits per heavy atom. The highest BCUT2D eigenvalue weighted by molar-refractivity contribution is 7.71. The maximum absolute atomic E-state index is 10.2. The van der Waals surface area contributed by atoms with E-state index in [1.807, 2.05) is 22.8 Å². The van der Waals surface area contributed by atoms with Gasteiger partial charge in [0.15, 0.2) is 10.6 Å². The van der Waals surface area contributed by atoms with Crippen molar-refractivity contribution >= 4 is 12.2 Å². The van der Waals surface area contributed by atoms with Gasteiger partial charge in [-0.25, -0.2) is 0 Å². The van der Waals surface area contributed by atoms with Crippen molar-refractivity contribution in [3.63, 3.8) is 0 Å². The molecular weight excluding hydrogens is 322 g/mol. The largest absolute Gasteiger partial charge is 0.507 e. The minimum atomic E-state index is 0.156. The fourth-order valence-electron chi connectivity index (χ4n) is 3.15. The molecule has 0 unspecified atom stereocenters. The van der Waals surface area contributed by atoms with E-state index in [4.69, 9.17) is 17.0 Å². The number of benzene rings is 2. The van der Waals surface area contributed by atoms with Crippen LogP contribution < -0.4 is 4.74 Å². The molecule has 0 bridgehead atoms. The van der Waals surface area contributed by atoms with E-state index in [1.165, 1.54) is 5.56 Å². The van der Waals surface area contributed by atoms with Crippen LogP contribution in [0.2, 0.25) is 0 Å². The number of aromatic nitrogens is 3. The highest BCUT2D eigenvalue weighted by atomic mass is 32.1. The third-order valence-electron chi connectivity index (χ3n) is 4.47. The number of ether oxygens (including phenoxy) is 1. The first kappa shape index (κ1) is 15.0. The molecule has 0 spiro atoms. The molecule has 1 saturated carbocycles. The van der Waals surface area contributed by atoms with Crippen LogP contribution in [0.5, 0.6) is 11.5 Å². The van der Waals surface area contributed by atoms with E-state index in [9.17, 15) is 5.11 Å². The van der Waals surface area contributed by atoms with E-state index in [0.29, 0.717) is 27.8 Å². The molecule has 24 heavy (non-hydrogen) atoms. The van der Waals surface area contributed by atoms with Gasteiger partial charge in [0.1, 0.15) is 11.5 Å². The smallest absolute Gasteiger partial charge is 0.195 e. The van der Waals surface area contributed by atoms with Gasteiger partial charge in [0.05, 0.1) is 12.7 Å². The van der Waals surface area contributed by atoms with E-state index in [1.54, 1.807) is 25.3 Å². The molecule has 2 atom stereocenters. The second-order valence-electron chi connectivity index (χ2n) is 5.93. The Morgan fingerprint density at radius 2 is 2.04 bits per heavy atom. The number of aromatic hydroxyl groups is 1. The average molecular weight is 339 g/mol. The van der Waals surface area contributed by atoms with Gasteiger partial charge in [0.25, 0.3) is 0 Å². The van der Waals surface area contributed by atoms with Crippen molar-refractivity contribution in [2.24, 2.45) is 0 Å². The molecule has 0 radical (unpaired) electrons. The van der Waals surface area contributed by atoms with Crippen LogP contribution in [0.15, 0.2) is 48.5 Å². The molecule has 1 aliphatic rings. The van der Waals surface area contributed by atoms with Crippen LogP contribution in [0.4, 0.5) is 0 Å². The Labute approximate surface area is 144 Å². The first-order chi connectivity index (χ1) is 11.7. The molecule has 0 amide bonds. The van der Waals surface area contributed by atoms with Crippen LogP contribution in [-0.2, 0) is 0 Å². The van der Waals surface area contributed by atoms with Crippen LogP contribution in [0.1, 0.15) is 23.9 Å². The van der Waals surface area contributed by atoms with Gasteiger partial charge in [-0.05, 0) is 42.4 Å². The monoisotopic (exact) mass is 339 g/mol. The molecule has 5 nitrogen and oxygen atoms in total. The number of H-pyrrole nitrogens is 1. The van der Waals surface area contributed by atoms with E-state index in [2.05, 4.69) is 22.3 Å². The summed E-state index contributed by atoms with van der Waals surface area (Å²) in [6.45, 7) is 0. The summed E-state index contributed by atoms with van der Waals surface area (Å²) < 4.78 is 7.83. The van der Waals surface area contributed by atoms with Crippen LogP contribution in [0, 0.1) is 4.77 Å². The third-order valence-corrected chi connectivity index (χ3v) is 4.75. The topological polar surface area (TPSA) is 63.1 Å². The van der Waals surface area contributed by atoms with Gasteiger partial charge in [-0.2, -0.15) is 5.10 Å². The summed E-state index contributed by atoms with van der Waals surface area (Å²) in [6.07, 6.45) is 1.01. The molecule has 1 fully saturated rings. The summed E-state index contributed by atoms with van der Waals surface area (Å²) >= 11 is 5.43. The molecule has 6 heteroatoms. The number of methoxy groups -OCH3 is 1. The Morgan fingerprint density at radius 1 is 1.25 bits per heavy atom. The molecule has 0 saturated heterocycles. The number of hydrogen-bond acceptors (Lipinski definition) is 4. The summed E-state index contributed by atoms with van der Waals surface area (Å²) in [6, 6.07) is 15.7. The lowest BCUT2D eigenvalue weighted by Gasteiger charge is -2.10. The molecule has 2 aromatic carbocycles. The van der Waals surface area contributed by atoms with E-state index in [-0.39, 0.29) is 11.8 Å². The highest BCUT2D eigenvalue weighted by Crippen LogP contribution is 2.53. The average Bonchev–Trinajstić information content (AvgIpc) is 3.31. The number of phenols is 1. The number of rotatable bonds is 4. The standard InChI is InChI=1S/C18H17N3O2S/c1-23-12-7-8-16(22)14(9-12)17-19-20-18(24)21(17)15-10-13(15)11-5-3-2-4-6-11/h2-9,13,15,22H,10H2,1H3,(H,20,24)/t13-,15+/m0/s1. The maximum Gasteiger partial charge on any atom is 0.195 e. The minimum Gasteiger partial charge on any atom is -0.507 e. The predicted octanol–water partition coefficient (Wildman–Crippen LogP) is 4.05. The Balaban J connectivity index is 1.75. The zero-order valence-corrected chi connectivity index (χ0v) is 14.0. The van der Waals surface area contributed by atoms with Crippen molar-refractivity contribution in [1.82, 2.24) is 14.8 Å². The number of aromatic amines is 1. The molecule has 4 rings (SSSR count). The van der Waals surface area contributed by atoms with Crippen LogP contribution >= 0.6 is 12.2 Å². The van der Waals surface area contributed by atoms with E-state index >= 15 is 0 Å². The van der Waals surface area contributed by atoms with Crippen molar-refractivity contribution < 1.29 is 9.84 Å². The molecule has 1 aliphatic carbocycles. The zero-order chi connectivity index (χ0) is 16.7. The Hall–Kier alpha value is -2.60. The van der Waals surface area contributed by atoms with Crippen LogP contribution in [-0.4, -0.2) is 27.0 Å². The number of phenolic OH excluding ortho intramolecular Hbond substituents is 1. The third kappa shape index (κ3) is 2.49. The first-order valence-corrected chi connectivity index (χ1v) is 8.19. The van der Waals surface area contributed by atoms with E-state index in [0.717, 1.165) is 6.42 Å². The van der Waals surface area contributed by atoms with Gasteiger partial charge >= 0.3 is 0 Å². The van der Waals surface area contributed by atoms with Gasteiger partial charge < -0.3 is 9.84 Å². The Kier molecular flexibility index (Phi) is 3.61.